The van der Waals surface area contributed by atoms with Crippen LogP contribution in [0.15, 0.2) is 89.3 Å². The summed E-state index contributed by atoms with van der Waals surface area (Å²) in [5.74, 6) is 4.11. The second-order valence-electron chi connectivity index (χ2n) is 17.1. The lowest BCUT2D eigenvalue weighted by Gasteiger charge is -2.35. The summed E-state index contributed by atoms with van der Waals surface area (Å²) < 4.78 is 5.73. The van der Waals surface area contributed by atoms with Gasteiger partial charge in [0.1, 0.15) is 0 Å². The fourth-order valence-corrected chi connectivity index (χ4v) is 8.51. The molecular weight excluding hydrogens is 633 g/mol. The first-order valence-electron chi connectivity index (χ1n) is 20.3. The largest absolute Gasteiger partial charge is 0.421 e. The van der Waals surface area contributed by atoms with E-state index in [9.17, 15) is 0 Å². The summed E-state index contributed by atoms with van der Waals surface area (Å²) in [7, 11) is 0. The highest BCUT2D eigenvalue weighted by molar-refractivity contribution is 5.86. The summed E-state index contributed by atoms with van der Waals surface area (Å²) in [6.07, 6.45) is 12.8. The number of aryl methyl sites for hydroxylation is 2. The molecule has 1 aromatic heterocycles. The van der Waals surface area contributed by atoms with Gasteiger partial charge in [0.25, 0.3) is 0 Å². The molecule has 1 heterocycles. The van der Waals surface area contributed by atoms with Crippen molar-refractivity contribution >= 4 is 0 Å². The maximum absolute atomic E-state index is 5.73. The van der Waals surface area contributed by atoms with Crippen molar-refractivity contribution in [2.45, 2.75) is 125 Å². The number of hydrogen-bond acceptors (Lipinski definition) is 3. The number of aromatic nitrogens is 2. The Morgan fingerprint density at radius 3 is 1.38 bits per heavy atom. The molecule has 0 radical (unpaired) electrons. The molecule has 2 atom stereocenters. The molecule has 4 aromatic carbocycles. The molecule has 0 saturated heterocycles. The predicted octanol–water partition coefficient (Wildman–Crippen LogP) is 14.4. The van der Waals surface area contributed by atoms with Gasteiger partial charge in [-0.05, 0) is 125 Å². The van der Waals surface area contributed by atoms with E-state index in [2.05, 4.69) is 144 Å². The Bertz CT molecular complexity index is 1870. The molecule has 0 aliphatic heterocycles. The van der Waals surface area contributed by atoms with E-state index in [4.69, 9.17) is 4.42 Å². The molecule has 1 aliphatic rings. The van der Waals surface area contributed by atoms with Crippen molar-refractivity contribution in [3.05, 3.63) is 108 Å². The zero-order valence-corrected chi connectivity index (χ0v) is 33.3. The van der Waals surface area contributed by atoms with Crippen molar-refractivity contribution in [3.8, 4) is 44.8 Å². The first kappa shape index (κ1) is 37.8. The van der Waals surface area contributed by atoms with Gasteiger partial charge in [-0.3, -0.25) is 0 Å². The summed E-state index contributed by atoms with van der Waals surface area (Å²) in [5.41, 5.74) is 13.3. The van der Waals surface area contributed by atoms with Crippen LogP contribution in [-0.4, -0.2) is 10.2 Å². The molecule has 274 valence electrons. The van der Waals surface area contributed by atoms with E-state index in [1.54, 1.807) is 5.56 Å². The maximum atomic E-state index is 5.73. The molecular formula is C49H62N2O. The van der Waals surface area contributed by atoms with Gasteiger partial charge >= 0.3 is 0 Å². The van der Waals surface area contributed by atoms with Crippen LogP contribution in [0.5, 0.6) is 0 Å². The van der Waals surface area contributed by atoms with Gasteiger partial charge in [-0.1, -0.05) is 146 Å². The molecule has 0 spiro atoms. The van der Waals surface area contributed by atoms with Gasteiger partial charge < -0.3 is 4.42 Å². The number of nitrogens with zero attached hydrogens (tertiary/aromatic N) is 2. The first-order valence-corrected chi connectivity index (χ1v) is 20.3. The fraction of sp³-hybridized carbons (Fsp3) is 0.469. The molecule has 6 rings (SSSR count). The van der Waals surface area contributed by atoms with Gasteiger partial charge in [0.2, 0.25) is 11.8 Å². The van der Waals surface area contributed by atoms with E-state index in [0.29, 0.717) is 23.6 Å². The minimum Gasteiger partial charge on any atom is -0.421 e. The molecule has 0 fully saturated rings. The molecule has 0 N–H and O–H groups in total. The van der Waals surface area contributed by atoms with Crippen molar-refractivity contribution in [3.63, 3.8) is 0 Å². The Morgan fingerprint density at radius 2 is 0.942 bits per heavy atom. The smallest absolute Gasteiger partial charge is 0.247 e. The number of benzene rings is 4. The predicted molar refractivity (Wildman–Crippen MR) is 220 cm³/mol. The minimum atomic E-state index is -0.0266. The lowest BCUT2D eigenvalue weighted by Crippen LogP contribution is -2.27. The Kier molecular flexibility index (Phi) is 12.2. The van der Waals surface area contributed by atoms with Crippen LogP contribution in [0.3, 0.4) is 0 Å². The van der Waals surface area contributed by atoms with Crippen LogP contribution < -0.4 is 0 Å². The summed E-state index contributed by atoms with van der Waals surface area (Å²) in [4.78, 5) is 0. The molecule has 5 aromatic rings. The molecule has 52 heavy (non-hydrogen) atoms. The van der Waals surface area contributed by atoms with Gasteiger partial charge in [-0.25, -0.2) is 0 Å². The SMILES string of the molecule is Cc1ccc(-c2ccc3c(c2)C(CCC(C)CCCC(C)C)(CCC(C)CCCC(C)C)c2cc(-c4ccc(-c5nnc(C)o5)cc4)ccc2-3)cc1. The van der Waals surface area contributed by atoms with Crippen LogP contribution in [0.2, 0.25) is 0 Å². The van der Waals surface area contributed by atoms with Crippen LogP contribution in [0.25, 0.3) is 44.8 Å². The molecule has 0 saturated carbocycles. The minimum absolute atomic E-state index is 0.0266. The second kappa shape index (κ2) is 16.8. The van der Waals surface area contributed by atoms with Crippen molar-refractivity contribution in [1.29, 1.82) is 0 Å². The lowest BCUT2D eigenvalue weighted by molar-refractivity contribution is 0.327. The third kappa shape index (κ3) is 8.79. The van der Waals surface area contributed by atoms with Gasteiger partial charge in [0.05, 0.1) is 0 Å². The van der Waals surface area contributed by atoms with Gasteiger partial charge in [0.15, 0.2) is 0 Å². The molecule has 0 bridgehead atoms. The van der Waals surface area contributed by atoms with E-state index in [-0.39, 0.29) is 5.41 Å². The quantitative estimate of drug-likeness (QED) is 0.0972. The highest BCUT2D eigenvalue weighted by Crippen LogP contribution is 2.56. The summed E-state index contributed by atoms with van der Waals surface area (Å²) in [6.45, 7) is 18.5. The van der Waals surface area contributed by atoms with Crippen LogP contribution >= 0.6 is 0 Å². The zero-order valence-electron chi connectivity index (χ0n) is 33.3. The molecule has 3 nitrogen and oxygen atoms in total. The zero-order chi connectivity index (χ0) is 36.8. The van der Waals surface area contributed by atoms with Crippen molar-refractivity contribution in [2.75, 3.05) is 0 Å². The van der Waals surface area contributed by atoms with Crippen LogP contribution in [-0.2, 0) is 5.41 Å². The Morgan fingerprint density at radius 1 is 0.500 bits per heavy atom. The van der Waals surface area contributed by atoms with E-state index < -0.39 is 0 Å². The van der Waals surface area contributed by atoms with E-state index in [1.807, 2.05) is 6.92 Å². The Hall–Kier alpha value is -3.98. The summed E-state index contributed by atoms with van der Waals surface area (Å²) in [6, 6.07) is 32.4. The monoisotopic (exact) mass is 694 g/mol. The molecule has 3 heteroatoms. The van der Waals surface area contributed by atoms with Gasteiger partial charge in [-0.2, -0.15) is 0 Å². The maximum Gasteiger partial charge on any atom is 0.247 e. The average Bonchev–Trinajstić information content (AvgIpc) is 3.68. The standard InChI is InChI=1S/C49H62N2O/c1-33(2)11-9-13-35(5)27-29-49(30-28-36(6)14-10-12-34(3)4)46-31-42(39-17-15-37(7)16-18-39)23-25-44(46)45-26-24-43(32-47(45)49)40-19-21-41(22-20-40)48-51-50-38(8)52-48/h15-26,31-36H,9-14,27-30H2,1-8H3. The van der Waals surface area contributed by atoms with Gasteiger partial charge in [-0.15, -0.1) is 10.2 Å². The summed E-state index contributed by atoms with van der Waals surface area (Å²) in [5, 5.41) is 8.29. The van der Waals surface area contributed by atoms with Crippen LogP contribution in [0.1, 0.15) is 128 Å². The van der Waals surface area contributed by atoms with E-state index in [1.165, 1.54) is 109 Å². The molecule has 2 unspecified atom stereocenters. The van der Waals surface area contributed by atoms with E-state index >= 15 is 0 Å². The van der Waals surface area contributed by atoms with Crippen molar-refractivity contribution in [2.24, 2.45) is 23.7 Å². The summed E-state index contributed by atoms with van der Waals surface area (Å²) >= 11 is 0. The van der Waals surface area contributed by atoms with Crippen molar-refractivity contribution < 1.29 is 4.42 Å². The van der Waals surface area contributed by atoms with Gasteiger partial charge in [0, 0.05) is 17.9 Å². The molecule has 1 aliphatic carbocycles. The van der Waals surface area contributed by atoms with Crippen molar-refractivity contribution in [1.82, 2.24) is 10.2 Å². The Balaban J connectivity index is 1.41. The second-order valence-corrected chi connectivity index (χ2v) is 17.1. The normalized spacial score (nSPS) is 16.3. The fourth-order valence-electron chi connectivity index (χ4n) is 8.51. The first-order chi connectivity index (χ1) is 25.0. The third-order valence-electron chi connectivity index (χ3n) is 11.8. The Labute approximate surface area is 314 Å². The number of hydrogen-bond donors (Lipinski definition) is 0. The van der Waals surface area contributed by atoms with Crippen LogP contribution in [0.4, 0.5) is 0 Å². The highest BCUT2D eigenvalue weighted by Gasteiger charge is 2.43. The van der Waals surface area contributed by atoms with E-state index in [0.717, 1.165) is 17.4 Å². The number of rotatable bonds is 17. The number of fused-ring (bicyclic) bond motifs is 3. The topological polar surface area (TPSA) is 38.9 Å². The van der Waals surface area contributed by atoms with Crippen LogP contribution in [0, 0.1) is 37.5 Å². The molecule has 0 amide bonds. The highest BCUT2D eigenvalue weighted by atomic mass is 16.4. The average molecular weight is 695 g/mol. The lowest BCUT2D eigenvalue weighted by atomic mass is 9.68. The third-order valence-corrected chi connectivity index (χ3v) is 11.8.